The number of carbonyl (C=O) groups is 1. The Kier molecular flexibility index (Phi) is 3.60. The Morgan fingerprint density at radius 2 is 1.92 bits per heavy atom. The van der Waals surface area contributed by atoms with Gasteiger partial charge in [-0.25, -0.2) is 13.5 Å². The van der Waals surface area contributed by atoms with Crippen LogP contribution in [0.1, 0.15) is 29.0 Å². The van der Waals surface area contributed by atoms with Crippen LogP contribution in [0.15, 0.2) is 48.7 Å². The van der Waals surface area contributed by atoms with Gasteiger partial charge in [0.25, 0.3) is 0 Å². The van der Waals surface area contributed by atoms with E-state index in [4.69, 9.17) is 0 Å². The summed E-state index contributed by atoms with van der Waals surface area (Å²) in [6.45, 7) is 1.94. The number of nitrogens with zero attached hydrogens (tertiary/aromatic N) is 2. The molecule has 1 amide bonds. The van der Waals surface area contributed by atoms with Crippen LogP contribution in [0.25, 0.3) is 5.69 Å². The lowest BCUT2D eigenvalue weighted by molar-refractivity contribution is -0.116. The highest BCUT2D eigenvalue weighted by atomic mass is 19.2. The van der Waals surface area contributed by atoms with E-state index in [2.05, 4.69) is 10.4 Å². The summed E-state index contributed by atoms with van der Waals surface area (Å²) in [5.41, 5.74) is 2.65. The van der Waals surface area contributed by atoms with E-state index in [1.807, 2.05) is 31.2 Å². The van der Waals surface area contributed by atoms with Gasteiger partial charge in [-0.2, -0.15) is 5.10 Å². The van der Waals surface area contributed by atoms with E-state index in [1.165, 1.54) is 12.1 Å². The topological polar surface area (TPSA) is 46.9 Å². The first-order valence-corrected chi connectivity index (χ1v) is 7.94. The molecule has 1 aliphatic rings. The maximum Gasteiger partial charge on any atom is 0.226 e. The van der Waals surface area contributed by atoms with Crippen LogP contribution < -0.4 is 5.32 Å². The van der Waals surface area contributed by atoms with Gasteiger partial charge in [0.2, 0.25) is 5.91 Å². The SMILES string of the molecule is Cc1ccccc1-n1ncc2c1NC(=O)CC2c1cccc(F)c1F. The molecule has 0 saturated heterocycles. The smallest absolute Gasteiger partial charge is 0.226 e. The molecular weight excluding hydrogens is 324 g/mol. The maximum absolute atomic E-state index is 14.3. The number of carbonyl (C=O) groups excluding carboxylic acids is 1. The van der Waals surface area contributed by atoms with E-state index in [9.17, 15) is 13.6 Å². The quantitative estimate of drug-likeness (QED) is 0.769. The number of aryl methyl sites for hydroxylation is 1. The minimum atomic E-state index is -0.920. The zero-order valence-electron chi connectivity index (χ0n) is 13.5. The Morgan fingerprint density at radius 1 is 1.12 bits per heavy atom. The van der Waals surface area contributed by atoms with Crippen LogP contribution >= 0.6 is 0 Å². The molecule has 6 heteroatoms. The number of anilines is 1. The number of para-hydroxylation sites is 1. The molecule has 0 spiro atoms. The molecule has 0 bridgehead atoms. The fraction of sp³-hybridized carbons (Fsp3) is 0.158. The lowest BCUT2D eigenvalue weighted by Gasteiger charge is -2.24. The van der Waals surface area contributed by atoms with Gasteiger partial charge in [0.1, 0.15) is 5.82 Å². The number of nitrogens with one attached hydrogen (secondary N) is 1. The molecule has 1 atom stereocenters. The second-order valence-corrected chi connectivity index (χ2v) is 6.09. The molecule has 1 unspecified atom stereocenters. The van der Waals surface area contributed by atoms with Gasteiger partial charge in [0.05, 0.1) is 11.9 Å². The second kappa shape index (κ2) is 5.81. The maximum atomic E-state index is 14.3. The predicted molar refractivity (Wildman–Crippen MR) is 89.7 cm³/mol. The largest absolute Gasteiger partial charge is 0.310 e. The highest BCUT2D eigenvalue weighted by Gasteiger charge is 2.32. The summed E-state index contributed by atoms with van der Waals surface area (Å²) < 4.78 is 29.5. The number of benzene rings is 2. The predicted octanol–water partition coefficient (Wildman–Crippen LogP) is 3.93. The lowest BCUT2D eigenvalue weighted by atomic mass is 9.87. The van der Waals surface area contributed by atoms with Crippen molar-refractivity contribution in [2.24, 2.45) is 0 Å². The minimum Gasteiger partial charge on any atom is -0.310 e. The summed E-state index contributed by atoms with van der Waals surface area (Å²) >= 11 is 0. The van der Waals surface area contributed by atoms with Crippen LogP contribution in [0.5, 0.6) is 0 Å². The number of hydrogen-bond donors (Lipinski definition) is 1. The number of halogens is 2. The summed E-state index contributed by atoms with van der Waals surface area (Å²) in [7, 11) is 0. The van der Waals surface area contributed by atoms with Crippen molar-refractivity contribution in [1.82, 2.24) is 9.78 Å². The van der Waals surface area contributed by atoms with Crippen molar-refractivity contribution >= 4 is 11.7 Å². The molecule has 126 valence electrons. The average molecular weight is 339 g/mol. The van der Waals surface area contributed by atoms with Gasteiger partial charge < -0.3 is 5.32 Å². The molecule has 4 nitrogen and oxygen atoms in total. The van der Waals surface area contributed by atoms with E-state index in [0.29, 0.717) is 11.4 Å². The minimum absolute atomic E-state index is 0.0485. The van der Waals surface area contributed by atoms with Crippen molar-refractivity contribution in [1.29, 1.82) is 0 Å². The third kappa shape index (κ3) is 2.50. The van der Waals surface area contributed by atoms with Gasteiger partial charge in [0, 0.05) is 17.9 Å². The fourth-order valence-corrected chi connectivity index (χ4v) is 3.27. The number of fused-ring (bicyclic) bond motifs is 1. The van der Waals surface area contributed by atoms with Gasteiger partial charge in [-0.05, 0) is 30.2 Å². The van der Waals surface area contributed by atoms with Crippen LogP contribution in [0.4, 0.5) is 14.6 Å². The number of hydrogen-bond acceptors (Lipinski definition) is 2. The van der Waals surface area contributed by atoms with E-state index in [-0.39, 0.29) is 17.9 Å². The van der Waals surface area contributed by atoms with Crippen molar-refractivity contribution in [3.63, 3.8) is 0 Å². The van der Waals surface area contributed by atoms with E-state index < -0.39 is 17.6 Å². The molecule has 0 aliphatic carbocycles. The normalized spacial score (nSPS) is 16.4. The molecule has 3 aromatic rings. The zero-order chi connectivity index (χ0) is 17.6. The monoisotopic (exact) mass is 339 g/mol. The Bertz CT molecular complexity index is 981. The molecule has 1 aromatic heterocycles. The standard InChI is InChI=1S/C19H15F2N3O/c1-11-5-2-3-8-16(11)24-19-14(10-22-24)13(9-17(25)23-19)12-6-4-7-15(20)18(12)21/h2-8,10,13H,9H2,1H3,(H,23,25). The Balaban J connectivity index is 1.88. The summed E-state index contributed by atoms with van der Waals surface area (Å²) in [4.78, 5) is 12.2. The Morgan fingerprint density at radius 3 is 2.72 bits per heavy atom. The summed E-state index contributed by atoms with van der Waals surface area (Å²) in [5, 5.41) is 7.19. The van der Waals surface area contributed by atoms with Crippen molar-refractivity contribution in [3.05, 3.63) is 77.0 Å². The van der Waals surface area contributed by atoms with Crippen LogP contribution in [0, 0.1) is 18.6 Å². The molecule has 4 rings (SSSR count). The van der Waals surface area contributed by atoms with Gasteiger partial charge in [-0.1, -0.05) is 30.3 Å². The molecule has 2 aromatic carbocycles. The van der Waals surface area contributed by atoms with Gasteiger partial charge in [-0.3, -0.25) is 4.79 Å². The highest BCUT2D eigenvalue weighted by Crippen LogP contribution is 2.39. The molecule has 25 heavy (non-hydrogen) atoms. The third-order valence-corrected chi connectivity index (χ3v) is 4.52. The molecule has 1 N–H and O–H groups in total. The Hall–Kier alpha value is -3.02. The highest BCUT2D eigenvalue weighted by molar-refractivity contribution is 5.94. The summed E-state index contributed by atoms with van der Waals surface area (Å²) in [5.74, 6) is -2.17. The van der Waals surface area contributed by atoms with E-state index >= 15 is 0 Å². The fourth-order valence-electron chi connectivity index (χ4n) is 3.27. The van der Waals surface area contributed by atoms with Crippen LogP contribution in [-0.4, -0.2) is 15.7 Å². The zero-order valence-corrected chi connectivity index (χ0v) is 13.5. The molecule has 0 radical (unpaired) electrons. The van der Waals surface area contributed by atoms with E-state index in [0.717, 1.165) is 17.3 Å². The summed E-state index contributed by atoms with van der Waals surface area (Å²) in [6.07, 6.45) is 1.66. The van der Waals surface area contributed by atoms with Crippen molar-refractivity contribution in [2.75, 3.05) is 5.32 Å². The van der Waals surface area contributed by atoms with Crippen LogP contribution in [0.3, 0.4) is 0 Å². The van der Waals surface area contributed by atoms with E-state index in [1.54, 1.807) is 10.9 Å². The van der Waals surface area contributed by atoms with Gasteiger partial charge in [-0.15, -0.1) is 0 Å². The summed E-state index contributed by atoms with van der Waals surface area (Å²) in [6, 6.07) is 11.7. The van der Waals surface area contributed by atoms with Gasteiger partial charge in [0.15, 0.2) is 11.6 Å². The number of rotatable bonds is 2. The average Bonchev–Trinajstić information content (AvgIpc) is 3.01. The molecule has 2 heterocycles. The second-order valence-electron chi connectivity index (χ2n) is 6.09. The first-order chi connectivity index (χ1) is 12.1. The van der Waals surface area contributed by atoms with Gasteiger partial charge >= 0.3 is 0 Å². The number of amides is 1. The van der Waals surface area contributed by atoms with Crippen LogP contribution in [0.2, 0.25) is 0 Å². The lowest BCUT2D eigenvalue weighted by Crippen LogP contribution is -2.25. The Labute approximate surface area is 143 Å². The number of aromatic nitrogens is 2. The van der Waals surface area contributed by atoms with Crippen LogP contribution in [-0.2, 0) is 4.79 Å². The first-order valence-electron chi connectivity index (χ1n) is 7.94. The first kappa shape index (κ1) is 15.5. The van der Waals surface area contributed by atoms with Crippen molar-refractivity contribution in [2.45, 2.75) is 19.3 Å². The van der Waals surface area contributed by atoms with Crippen molar-refractivity contribution in [3.8, 4) is 5.69 Å². The molecule has 0 saturated carbocycles. The molecule has 1 aliphatic heterocycles. The third-order valence-electron chi connectivity index (χ3n) is 4.52. The molecular formula is C19H15F2N3O. The van der Waals surface area contributed by atoms with Crippen molar-refractivity contribution < 1.29 is 13.6 Å². The molecule has 0 fully saturated rings.